The van der Waals surface area contributed by atoms with E-state index in [1.165, 1.54) is 5.56 Å². The Morgan fingerprint density at radius 1 is 1.25 bits per heavy atom. The lowest BCUT2D eigenvalue weighted by atomic mass is 9.95. The summed E-state index contributed by atoms with van der Waals surface area (Å²) in [6, 6.07) is 17.5. The molecule has 0 aliphatic carbocycles. The summed E-state index contributed by atoms with van der Waals surface area (Å²) in [5.41, 5.74) is 8.99. The van der Waals surface area contributed by atoms with Crippen molar-refractivity contribution in [2.24, 2.45) is 5.73 Å². The van der Waals surface area contributed by atoms with Crippen LogP contribution in [0.25, 0.3) is 0 Å². The number of allylic oxidation sites excluding steroid dienone is 1. The Kier molecular flexibility index (Phi) is 5.23. The first-order chi connectivity index (χ1) is 13.5. The van der Waals surface area contributed by atoms with Gasteiger partial charge >= 0.3 is 0 Å². The van der Waals surface area contributed by atoms with Gasteiger partial charge in [0.15, 0.2) is 0 Å². The second kappa shape index (κ2) is 7.81. The third-order valence-corrected chi connectivity index (χ3v) is 5.88. The number of primary amides is 1. The lowest BCUT2D eigenvalue weighted by Gasteiger charge is -2.27. The Bertz CT molecular complexity index is 1060. The van der Waals surface area contributed by atoms with Gasteiger partial charge in [0.05, 0.1) is 5.57 Å². The average Bonchev–Trinajstić information content (AvgIpc) is 3.08. The van der Waals surface area contributed by atoms with Gasteiger partial charge < -0.3 is 11.1 Å². The van der Waals surface area contributed by atoms with E-state index in [-0.39, 0.29) is 0 Å². The number of carbonyl (C=O) groups excluding carboxylic acids is 1. The standard InChI is InChI=1S/C20H18BrN5OS/c1-12-16(18(22)27)17(14-8-5-9-15(21)10-14)26-19(23-12)24-20(25-26)28-11-13-6-3-2-4-7-13/h2-10,17H,11H2,1H3,(H2,22,27)(H,23,24,25)/t17-/m0/s1. The van der Waals surface area contributed by atoms with Crippen LogP contribution in [0.15, 0.2) is 75.5 Å². The summed E-state index contributed by atoms with van der Waals surface area (Å²) in [6.07, 6.45) is 0. The van der Waals surface area contributed by atoms with Crippen LogP contribution in [0.2, 0.25) is 0 Å². The first-order valence-electron chi connectivity index (χ1n) is 8.69. The quantitative estimate of drug-likeness (QED) is 0.565. The van der Waals surface area contributed by atoms with Crippen molar-refractivity contribution >= 4 is 39.5 Å². The number of nitrogens with zero attached hydrogens (tertiary/aromatic N) is 3. The molecule has 2 heterocycles. The topological polar surface area (TPSA) is 85.8 Å². The number of hydrogen-bond acceptors (Lipinski definition) is 5. The van der Waals surface area contributed by atoms with Gasteiger partial charge in [0.25, 0.3) is 0 Å². The van der Waals surface area contributed by atoms with Gasteiger partial charge in [0.2, 0.25) is 17.0 Å². The number of fused-ring (bicyclic) bond motifs is 1. The SMILES string of the molecule is CC1=C(C(N)=O)[C@H](c2cccc(Br)c2)n2nc(SCc3ccccc3)nc2N1. The Hall–Kier alpha value is -2.58. The highest BCUT2D eigenvalue weighted by Crippen LogP contribution is 2.36. The van der Waals surface area contributed by atoms with Crippen LogP contribution < -0.4 is 11.1 Å². The Balaban J connectivity index is 1.71. The van der Waals surface area contributed by atoms with Crippen molar-refractivity contribution < 1.29 is 4.79 Å². The highest BCUT2D eigenvalue weighted by molar-refractivity contribution is 9.10. The van der Waals surface area contributed by atoms with Crippen molar-refractivity contribution in [3.8, 4) is 0 Å². The van der Waals surface area contributed by atoms with E-state index in [1.807, 2.05) is 49.4 Å². The van der Waals surface area contributed by atoms with Crippen LogP contribution in [0.3, 0.4) is 0 Å². The maximum absolute atomic E-state index is 12.2. The number of amides is 1. The van der Waals surface area contributed by atoms with Gasteiger partial charge in [-0.2, -0.15) is 4.98 Å². The molecular weight excluding hydrogens is 438 g/mol. The number of rotatable bonds is 5. The molecule has 3 N–H and O–H groups in total. The van der Waals surface area contributed by atoms with Crippen molar-refractivity contribution in [1.29, 1.82) is 0 Å². The van der Waals surface area contributed by atoms with Crippen molar-refractivity contribution in [2.75, 3.05) is 5.32 Å². The van der Waals surface area contributed by atoms with E-state index in [0.29, 0.717) is 22.4 Å². The first kappa shape index (κ1) is 18.8. The van der Waals surface area contributed by atoms with E-state index in [2.05, 4.69) is 43.5 Å². The monoisotopic (exact) mass is 455 g/mol. The molecule has 1 aliphatic heterocycles. The number of benzene rings is 2. The van der Waals surface area contributed by atoms with Crippen LogP contribution in [0, 0.1) is 0 Å². The molecule has 0 fully saturated rings. The molecule has 3 aromatic rings. The Labute approximate surface area is 175 Å². The number of aromatic nitrogens is 3. The summed E-state index contributed by atoms with van der Waals surface area (Å²) >= 11 is 5.05. The summed E-state index contributed by atoms with van der Waals surface area (Å²) in [5.74, 6) is 0.888. The van der Waals surface area contributed by atoms with E-state index in [4.69, 9.17) is 5.73 Å². The molecule has 1 atom stereocenters. The van der Waals surface area contributed by atoms with E-state index in [1.54, 1.807) is 16.4 Å². The molecule has 28 heavy (non-hydrogen) atoms. The fourth-order valence-electron chi connectivity index (χ4n) is 3.22. The van der Waals surface area contributed by atoms with Crippen LogP contribution in [-0.2, 0) is 10.5 Å². The van der Waals surface area contributed by atoms with Crippen LogP contribution in [0.1, 0.15) is 24.1 Å². The largest absolute Gasteiger partial charge is 0.366 e. The average molecular weight is 456 g/mol. The fourth-order valence-corrected chi connectivity index (χ4v) is 4.42. The number of hydrogen-bond donors (Lipinski definition) is 2. The van der Waals surface area contributed by atoms with E-state index < -0.39 is 11.9 Å². The van der Waals surface area contributed by atoms with E-state index in [9.17, 15) is 4.79 Å². The number of thioether (sulfide) groups is 1. The van der Waals surface area contributed by atoms with Crippen molar-refractivity contribution in [3.63, 3.8) is 0 Å². The molecule has 0 unspecified atom stereocenters. The van der Waals surface area contributed by atoms with Crippen LogP contribution in [0.5, 0.6) is 0 Å². The van der Waals surface area contributed by atoms with Gasteiger partial charge in [-0.05, 0) is 30.2 Å². The predicted molar refractivity (Wildman–Crippen MR) is 114 cm³/mol. The Morgan fingerprint density at radius 3 is 2.75 bits per heavy atom. The summed E-state index contributed by atoms with van der Waals surface area (Å²) in [7, 11) is 0. The summed E-state index contributed by atoms with van der Waals surface area (Å²) in [4.78, 5) is 16.8. The Morgan fingerprint density at radius 2 is 2.04 bits per heavy atom. The lowest BCUT2D eigenvalue weighted by Crippen LogP contribution is -2.31. The molecule has 0 bridgehead atoms. The number of nitrogens with one attached hydrogen (secondary N) is 1. The number of anilines is 1. The molecule has 0 saturated carbocycles. The maximum Gasteiger partial charge on any atom is 0.248 e. The minimum atomic E-state index is -0.477. The van der Waals surface area contributed by atoms with Crippen LogP contribution in [0.4, 0.5) is 5.95 Å². The third kappa shape index (κ3) is 3.70. The summed E-state index contributed by atoms with van der Waals surface area (Å²) < 4.78 is 2.66. The van der Waals surface area contributed by atoms with Crippen molar-refractivity contribution in [2.45, 2.75) is 23.9 Å². The normalized spacial score (nSPS) is 15.9. The van der Waals surface area contributed by atoms with Crippen LogP contribution in [-0.4, -0.2) is 20.7 Å². The smallest absolute Gasteiger partial charge is 0.248 e. The number of carbonyl (C=O) groups is 1. The molecule has 0 spiro atoms. The second-order valence-corrected chi connectivity index (χ2v) is 8.28. The summed E-state index contributed by atoms with van der Waals surface area (Å²) in [5, 5.41) is 8.48. The summed E-state index contributed by atoms with van der Waals surface area (Å²) in [6.45, 7) is 1.83. The number of halogens is 1. The highest BCUT2D eigenvalue weighted by Gasteiger charge is 2.33. The predicted octanol–water partition coefficient (Wildman–Crippen LogP) is 4.11. The van der Waals surface area contributed by atoms with E-state index in [0.717, 1.165) is 15.8 Å². The van der Waals surface area contributed by atoms with Gasteiger partial charge in [-0.25, -0.2) is 4.68 Å². The maximum atomic E-state index is 12.2. The third-order valence-electron chi connectivity index (χ3n) is 4.47. The molecule has 0 saturated heterocycles. The molecule has 8 heteroatoms. The zero-order chi connectivity index (χ0) is 19.7. The molecule has 1 aliphatic rings. The highest BCUT2D eigenvalue weighted by atomic mass is 79.9. The minimum Gasteiger partial charge on any atom is -0.366 e. The molecule has 2 aromatic carbocycles. The van der Waals surface area contributed by atoms with Gasteiger partial charge in [-0.3, -0.25) is 4.79 Å². The van der Waals surface area contributed by atoms with Gasteiger partial charge in [-0.15, -0.1) is 5.10 Å². The van der Waals surface area contributed by atoms with Crippen LogP contribution >= 0.6 is 27.7 Å². The lowest BCUT2D eigenvalue weighted by molar-refractivity contribution is -0.115. The van der Waals surface area contributed by atoms with Gasteiger partial charge in [0.1, 0.15) is 6.04 Å². The molecule has 142 valence electrons. The second-order valence-electron chi connectivity index (χ2n) is 6.42. The van der Waals surface area contributed by atoms with E-state index >= 15 is 0 Å². The van der Waals surface area contributed by atoms with Crippen molar-refractivity contribution in [3.05, 3.63) is 81.5 Å². The fraction of sp³-hybridized carbons (Fsp3) is 0.150. The molecule has 0 radical (unpaired) electrons. The first-order valence-corrected chi connectivity index (χ1v) is 10.5. The molecule has 1 aromatic heterocycles. The van der Waals surface area contributed by atoms with Gasteiger partial charge in [0, 0.05) is 15.9 Å². The molecule has 6 nitrogen and oxygen atoms in total. The minimum absolute atomic E-state index is 0.426. The molecule has 1 amide bonds. The zero-order valence-electron chi connectivity index (χ0n) is 15.1. The van der Waals surface area contributed by atoms with Crippen molar-refractivity contribution in [1.82, 2.24) is 14.8 Å². The number of nitrogens with two attached hydrogens (primary N) is 1. The van der Waals surface area contributed by atoms with Gasteiger partial charge in [-0.1, -0.05) is 70.2 Å². The molecular formula is C20H18BrN5OS. The molecule has 4 rings (SSSR count). The zero-order valence-corrected chi connectivity index (χ0v) is 17.5.